The molecule has 0 saturated carbocycles. The highest BCUT2D eigenvalue weighted by atomic mass is 16.4. The highest BCUT2D eigenvalue weighted by Crippen LogP contribution is 2.29. The van der Waals surface area contributed by atoms with Gasteiger partial charge in [0.2, 0.25) is 0 Å². The second kappa shape index (κ2) is 12.0. The van der Waals surface area contributed by atoms with E-state index in [1.54, 1.807) is 0 Å². The van der Waals surface area contributed by atoms with Crippen LogP contribution in [0.25, 0.3) is 21.5 Å². The van der Waals surface area contributed by atoms with E-state index >= 15 is 0 Å². The Labute approximate surface area is 241 Å². The summed E-state index contributed by atoms with van der Waals surface area (Å²) in [5.41, 5.74) is -3.90. The number of aromatic carboxylic acids is 8. The fourth-order valence-corrected chi connectivity index (χ4v) is 4.20. The van der Waals surface area contributed by atoms with Crippen molar-refractivity contribution in [3.8, 4) is 0 Å². The third kappa shape index (κ3) is 6.08. The van der Waals surface area contributed by atoms with Crippen LogP contribution in [0, 0.1) is 0 Å². The highest BCUT2D eigenvalue weighted by Gasteiger charge is 2.24. The van der Waals surface area contributed by atoms with E-state index in [9.17, 15) is 43.5 Å². The molecule has 0 heterocycles. The Morgan fingerprint density at radius 3 is 0.955 bits per heavy atom. The predicted octanol–water partition coefficient (Wildman–Crippen LogP) is 3.27. The number of carbonyl (C=O) groups is 8. The van der Waals surface area contributed by atoms with Crippen molar-refractivity contribution in [3.63, 3.8) is 0 Å². The Morgan fingerprint density at radius 2 is 0.659 bits per heavy atom. The van der Waals surface area contributed by atoms with Crippen molar-refractivity contribution >= 4 is 69.3 Å². The zero-order valence-electron chi connectivity index (χ0n) is 21.5. The second-order valence-corrected chi connectivity index (χ2v) is 8.69. The van der Waals surface area contributed by atoms with Gasteiger partial charge in [-0.3, -0.25) is 0 Å². The molecule has 0 aliphatic carbocycles. The minimum atomic E-state index is -1.56. The Balaban J connectivity index is 0.000000240. The molecule has 0 aliphatic rings. The van der Waals surface area contributed by atoms with E-state index in [1.165, 1.54) is 0 Å². The van der Waals surface area contributed by atoms with Crippen molar-refractivity contribution in [1.29, 1.82) is 0 Å². The lowest BCUT2D eigenvalue weighted by Gasteiger charge is -2.10. The topological polar surface area (TPSA) is 298 Å². The first kappa shape index (κ1) is 31.7. The first-order valence-corrected chi connectivity index (χ1v) is 11.5. The van der Waals surface area contributed by atoms with Gasteiger partial charge >= 0.3 is 47.8 Å². The van der Waals surface area contributed by atoms with Gasteiger partial charge in [0.15, 0.2) is 0 Å². The third-order valence-corrected chi connectivity index (χ3v) is 6.09. The summed E-state index contributed by atoms with van der Waals surface area (Å²) in [6.07, 6.45) is 0. The van der Waals surface area contributed by atoms with Crippen molar-refractivity contribution in [2.75, 3.05) is 0 Å². The summed E-state index contributed by atoms with van der Waals surface area (Å²) in [7, 11) is 0. The number of benzene rings is 4. The fourth-order valence-electron chi connectivity index (χ4n) is 4.20. The van der Waals surface area contributed by atoms with E-state index in [4.69, 9.17) is 35.7 Å². The Bertz CT molecular complexity index is 1850. The third-order valence-electron chi connectivity index (χ3n) is 6.09. The van der Waals surface area contributed by atoms with Gasteiger partial charge in [0.05, 0.1) is 44.5 Å². The molecule has 16 heteroatoms. The quantitative estimate of drug-likeness (QED) is 0.142. The van der Waals surface area contributed by atoms with Crippen molar-refractivity contribution in [3.05, 3.63) is 93.0 Å². The van der Waals surface area contributed by atoms with Crippen LogP contribution in [0.1, 0.15) is 82.9 Å². The number of fused-ring (bicyclic) bond motifs is 2. The Hall–Kier alpha value is -6.84. The lowest BCUT2D eigenvalue weighted by atomic mass is 9.93. The molecule has 0 radical (unpaired) electrons. The SMILES string of the molecule is O=C(O)c1cc(C(=O)O)c2c(C(=O)O)ccc(C(=O)O)c2c1.O=C(O)c1cc2cc(C(=O)O)c(C(=O)O)cc2cc1C(=O)O. The zero-order chi connectivity index (χ0) is 33.2. The molecule has 16 nitrogen and oxygen atoms in total. The molecule has 0 unspecified atom stereocenters. The Morgan fingerprint density at radius 1 is 0.341 bits per heavy atom. The molecule has 0 aromatic heterocycles. The van der Waals surface area contributed by atoms with Gasteiger partial charge in [-0.15, -0.1) is 0 Å². The van der Waals surface area contributed by atoms with E-state index < -0.39 is 86.7 Å². The average molecular weight is 608 g/mol. The van der Waals surface area contributed by atoms with Crippen molar-refractivity contribution in [2.24, 2.45) is 0 Å². The predicted molar refractivity (Wildman–Crippen MR) is 144 cm³/mol. The molecule has 0 aliphatic heterocycles. The van der Waals surface area contributed by atoms with Crippen LogP contribution in [0.15, 0.2) is 48.5 Å². The number of hydrogen-bond acceptors (Lipinski definition) is 8. The van der Waals surface area contributed by atoms with Gasteiger partial charge in [0, 0.05) is 5.39 Å². The van der Waals surface area contributed by atoms with Gasteiger partial charge in [-0.05, 0) is 64.7 Å². The van der Waals surface area contributed by atoms with Crippen molar-refractivity contribution in [2.45, 2.75) is 0 Å². The standard InChI is InChI=1S/2C14H8O8/c15-11(16)7-1-5-2-9(13(19)20)10(14(21)22)4-6(5)3-8(7)12(17)18;15-11(16)5-3-8-6(12(17)18)1-2-7(13(19)20)10(8)9(4-5)14(21)22/h2*1-4H,(H,15,16)(H,17,18)(H,19,20)(H,21,22). The van der Waals surface area contributed by atoms with Gasteiger partial charge in [-0.25, -0.2) is 38.4 Å². The smallest absolute Gasteiger partial charge is 0.336 e. The lowest BCUT2D eigenvalue weighted by molar-refractivity contribution is 0.0651. The van der Waals surface area contributed by atoms with E-state index in [0.717, 1.165) is 48.5 Å². The van der Waals surface area contributed by atoms with Crippen molar-refractivity contribution < 1.29 is 79.2 Å². The van der Waals surface area contributed by atoms with E-state index in [2.05, 4.69) is 0 Å². The van der Waals surface area contributed by atoms with Gasteiger partial charge in [-0.1, -0.05) is 0 Å². The molecule has 0 fully saturated rings. The van der Waals surface area contributed by atoms with Crippen LogP contribution < -0.4 is 0 Å². The zero-order valence-corrected chi connectivity index (χ0v) is 21.5. The number of rotatable bonds is 8. The van der Waals surface area contributed by atoms with Gasteiger partial charge < -0.3 is 40.9 Å². The summed E-state index contributed by atoms with van der Waals surface area (Å²) in [4.78, 5) is 89.2. The van der Waals surface area contributed by atoms with Crippen LogP contribution in [-0.2, 0) is 0 Å². The average Bonchev–Trinajstić information content (AvgIpc) is 2.94. The van der Waals surface area contributed by atoms with Crippen LogP contribution in [-0.4, -0.2) is 88.6 Å². The maximum Gasteiger partial charge on any atom is 0.336 e. The normalized spacial score (nSPS) is 10.4. The molecule has 0 amide bonds. The number of carboxylic acid groups (broad SMARTS) is 8. The largest absolute Gasteiger partial charge is 0.478 e. The fraction of sp³-hybridized carbons (Fsp3) is 0. The summed E-state index contributed by atoms with van der Waals surface area (Å²) in [6.45, 7) is 0. The van der Waals surface area contributed by atoms with Gasteiger partial charge in [-0.2, -0.15) is 0 Å². The van der Waals surface area contributed by atoms with E-state index in [1.807, 2.05) is 0 Å². The minimum absolute atomic E-state index is 0.116. The Kier molecular flexibility index (Phi) is 8.61. The first-order valence-electron chi connectivity index (χ1n) is 11.5. The summed E-state index contributed by atoms with van der Waals surface area (Å²) in [5, 5.41) is 72.2. The maximum absolute atomic E-state index is 11.3. The van der Waals surface area contributed by atoms with Crippen molar-refractivity contribution in [1.82, 2.24) is 0 Å². The molecule has 44 heavy (non-hydrogen) atoms. The van der Waals surface area contributed by atoms with Crippen LogP contribution in [0.3, 0.4) is 0 Å². The highest BCUT2D eigenvalue weighted by molar-refractivity contribution is 6.18. The molecule has 0 saturated heterocycles. The molecule has 0 spiro atoms. The molecule has 224 valence electrons. The molecule has 0 bridgehead atoms. The monoisotopic (exact) mass is 608 g/mol. The van der Waals surface area contributed by atoms with Gasteiger partial charge in [0.1, 0.15) is 0 Å². The van der Waals surface area contributed by atoms with Gasteiger partial charge in [0.25, 0.3) is 0 Å². The van der Waals surface area contributed by atoms with Crippen LogP contribution >= 0.6 is 0 Å². The molecular weight excluding hydrogens is 592 g/mol. The van der Waals surface area contributed by atoms with E-state index in [0.29, 0.717) is 0 Å². The number of carboxylic acids is 8. The second-order valence-electron chi connectivity index (χ2n) is 8.69. The van der Waals surface area contributed by atoms with E-state index in [-0.39, 0.29) is 27.1 Å². The number of hydrogen-bond donors (Lipinski definition) is 8. The minimum Gasteiger partial charge on any atom is -0.478 e. The van der Waals surface area contributed by atoms with Crippen LogP contribution in [0.5, 0.6) is 0 Å². The molecule has 0 atom stereocenters. The van der Waals surface area contributed by atoms with Crippen LogP contribution in [0.4, 0.5) is 0 Å². The molecule has 4 aromatic carbocycles. The molecule has 4 rings (SSSR count). The summed E-state index contributed by atoms with van der Waals surface area (Å²) >= 11 is 0. The summed E-state index contributed by atoms with van der Waals surface area (Å²) in [5.74, 6) is -11.8. The molecule has 4 aromatic rings. The van der Waals surface area contributed by atoms with Crippen LogP contribution in [0.2, 0.25) is 0 Å². The summed E-state index contributed by atoms with van der Waals surface area (Å²) < 4.78 is 0. The first-order chi connectivity index (χ1) is 20.5. The summed E-state index contributed by atoms with van der Waals surface area (Å²) in [6, 6.07) is 7.70. The molecule has 8 N–H and O–H groups in total. The maximum atomic E-state index is 11.3. The molecular formula is C28H16O16. The lowest BCUT2D eigenvalue weighted by Crippen LogP contribution is -2.10.